The van der Waals surface area contributed by atoms with Gasteiger partial charge in [-0.1, -0.05) is 0 Å². The van der Waals surface area contributed by atoms with Gasteiger partial charge in [-0.15, -0.1) is 0 Å². The normalized spacial score (nSPS) is 11.9. The molecule has 0 unspecified atom stereocenters. The molecule has 16 heavy (non-hydrogen) atoms. The van der Waals surface area contributed by atoms with Gasteiger partial charge in [0.2, 0.25) is 0 Å². The first kappa shape index (κ1) is 10.9. The first-order valence-corrected chi connectivity index (χ1v) is 5.18. The molecule has 0 saturated carbocycles. The summed E-state index contributed by atoms with van der Waals surface area (Å²) in [6.07, 6.45) is 3.61. The van der Waals surface area contributed by atoms with Gasteiger partial charge in [-0.3, -0.25) is 0 Å². The number of ether oxygens (including phenoxy) is 1. The smallest absolute Gasteiger partial charge is 0.157 e. The molecule has 0 saturated heterocycles. The summed E-state index contributed by atoms with van der Waals surface area (Å²) in [6.45, 7) is 4.76. The molecule has 2 heterocycles. The van der Waals surface area contributed by atoms with Crippen molar-refractivity contribution in [1.29, 1.82) is 0 Å². The summed E-state index contributed by atoms with van der Waals surface area (Å²) in [4.78, 5) is 4.44. The van der Waals surface area contributed by atoms with Crippen LogP contribution in [0.25, 0.3) is 5.65 Å². The van der Waals surface area contributed by atoms with Crippen LogP contribution in [-0.4, -0.2) is 33.9 Å². The Hall–Kier alpha value is -1.62. The molecule has 0 aliphatic rings. The number of anilines is 1. The number of rotatable bonds is 4. The Labute approximate surface area is 94.4 Å². The van der Waals surface area contributed by atoms with Gasteiger partial charge in [0.15, 0.2) is 5.65 Å². The zero-order valence-electron chi connectivity index (χ0n) is 9.77. The molecule has 0 spiro atoms. The number of hydrogen-bond acceptors (Lipinski definition) is 4. The number of methoxy groups -OCH3 is 1. The van der Waals surface area contributed by atoms with Gasteiger partial charge >= 0.3 is 0 Å². The average Bonchev–Trinajstić information content (AvgIpc) is 2.63. The van der Waals surface area contributed by atoms with Crippen molar-refractivity contribution in [2.24, 2.45) is 0 Å². The molecule has 0 fully saturated rings. The van der Waals surface area contributed by atoms with Crippen molar-refractivity contribution in [2.75, 3.05) is 19.0 Å². The molecular weight excluding hydrogens is 204 g/mol. The van der Waals surface area contributed by atoms with Crippen molar-refractivity contribution in [3.8, 4) is 0 Å². The summed E-state index contributed by atoms with van der Waals surface area (Å²) >= 11 is 0. The Morgan fingerprint density at radius 1 is 1.44 bits per heavy atom. The highest BCUT2D eigenvalue weighted by Gasteiger charge is 2.17. The Morgan fingerprint density at radius 2 is 2.25 bits per heavy atom. The molecule has 5 heteroatoms. The van der Waals surface area contributed by atoms with E-state index >= 15 is 0 Å². The fourth-order valence-corrected chi connectivity index (χ4v) is 1.63. The summed E-state index contributed by atoms with van der Waals surface area (Å²) in [6, 6.07) is 3.77. The molecule has 2 aromatic rings. The predicted molar refractivity (Wildman–Crippen MR) is 62.6 cm³/mol. The second kappa shape index (κ2) is 4.09. The molecule has 0 atom stereocenters. The van der Waals surface area contributed by atoms with Crippen LogP contribution in [0.3, 0.4) is 0 Å². The van der Waals surface area contributed by atoms with E-state index in [-0.39, 0.29) is 5.54 Å². The van der Waals surface area contributed by atoms with E-state index in [2.05, 4.69) is 29.2 Å². The van der Waals surface area contributed by atoms with Gasteiger partial charge in [0.1, 0.15) is 5.82 Å². The minimum atomic E-state index is -0.139. The summed E-state index contributed by atoms with van der Waals surface area (Å²) in [7, 11) is 1.69. The molecule has 2 aromatic heterocycles. The lowest BCUT2D eigenvalue weighted by molar-refractivity contribution is 0.158. The number of aromatic nitrogens is 3. The molecule has 86 valence electrons. The highest BCUT2D eigenvalue weighted by molar-refractivity contribution is 5.46. The van der Waals surface area contributed by atoms with Gasteiger partial charge in [-0.2, -0.15) is 5.10 Å². The van der Waals surface area contributed by atoms with Crippen molar-refractivity contribution < 1.29 is 4.74 Å². The van der Waals surface area contributed by atoms with Gasteiger partial charge in [0.05, 0.1) is 18.3 Å². The molecule has 1 N–H and O–H groups in total. The third kappa shape index (κ3) is 2.30. The molecule has 0 aliphatic carbocycles. The highest BCUT2D eigenvalue weighted by atomic mass is 16.5. The predicted octanol–water partition coefficient (Wildman–Crippen LogP) is 1.57. The number of nitrogens with zero attached hydrogens (tertiary/aromatic N) is 3. The SMILES string of the molecule is COCC(C)(C)Nc1ccn2nccc2n1. The molecule has 5 nitrogen and oxygen atoms in total. The van der Waals surface area contributed by atoms with Crippen LogP contribution in [0.2, 0.25) is 0 Å². The number of fused-ring (bicyclic) bond motifs is 1. The zero-order chi connectivity index (χ0) is 11.6. The van der Waals surface area contributed by atoms with E-state index in [1.54, 1.807) is 17.8 Å². The Bertz CT molecular complexity index is 478. The second-order valence-electron chi connectivity index (χ2n) is 4.39. The fraction of sp³-hybridized carbons (Fsp3) is 0.455. The van der Waals surface area contributed by atoms with E-state index in [0.29, 0.717) is 6.61 Å². The summed E-state index contributed by atoms with van der Waals surface area (Å²) in [5, 5.41) is 7.42. The lowest BCUT2D eigenvalue weighted by Gasteiger charge is -2.25. The molecule has 2 rings (SSSR count). The third-order valence-electron chi connectivity index (χ3n) is 2.23. The minimum Gasteiger partial charge on any atom is -0.382 e. The molecule has 0 aliphatic heterocycles. The molecule has 0 bridgehead atoms. The van der Waals surface area contributed by atoms with Crippen molar-refractivity contribution in [3.05, 3.63) is 24.5 Å². The van der Waals surface area contributed by atoms with Crippen LogP contribution < -0.4 is 5.32 Å². The van der Waals surface area contributed by atoms with Gasteiger partial charge in [0.25, 0.3) is 0 Å². The summed E-state index contributed by atoms with van der Waals surface area (Å²) < 4.78 is 6.87. The van der Waals surface area contributed by atoms with Crippen LogP contribution in [0.4, 0.5) is 5.82 Å². The summed E-state index contributed by atoms with van der Waals surface area (Å²) in [5.41, 5.74) is 0.693. The highest BCUT2D eigenvalue weighted by Crippen LogP contribution is 2.13. The average molecular weight is 220 g/mol. The van der Waals surface area contributed by atoms with E-state index in [0.717, 1.165) is 11.5 Å². The van der Waals surface area contributed by atoms with E-state index in [4.69, 9.17) is 4.74 Å². The standard InChI is InChI=1S/C11H16N4O/c1-11(2,8-16-3)14-9-5-7-15-10(13-9)4-6-12-15/h4-7H,8H2,1-3H3,(H,13,14). The lowest BCUT2D eigenvalue weighted by atomic mass is 10.1. The Morgan fingerprint density at radius 3 is 3.00 bits per heavy atom. The zero-order valence-corrected chi connectivity index (χ0v) is 9.77. The van der Waals surface area contributed by atoms with Crippen LogP contribution in [-0.2, 0) is 4.74 Å². The van der Waals surface area contributed by atoms with Crippen LogP contribution >= 0.6 is 0 Å². The molecule has 0 aromatic carbocycles. The fourth-order valence-electron chi connectivity index (χ4n) is 1.63. The van der Waals surface area contributed by atoms with E-state index in [9.17, 15) is 0 Å². The van der Waals surface area contributed by atoms with E-state index in [1.807, 2.05) is 18.3 Å². The third-order valence-corrected chi connectivity index (χ3v) is 2.23. The second-order valence-corrected chi connectivity index (χ2v) is 4.39. The van der Waals surface area contributed by atoms with Crippen LogP contribution in [0.15, 0.2) is 24.5 Å². The quantitative estimate of drug-likeness (QED) is 0.849. The van der Waals surface area contributed by atoms with Gasteiger partial charge in [-0.25, -0.2) is 9.50 Å². The maximum absolute atomic E-state index is 5.14. The van der Waals surface area contributed by atoms with Gasteiger partial charge < -0.3 is 10.1 Å². The van der Waals surface area contributed by atoms with Crippen molar-refractivity contribution >= 4 is 11.5 Å². The van der Waals surface area contributed by atoms with Gasteiger partial charge in [0, 0.05) is 19.4 Å². The van der Waals surface area contributed by atoms with E-state index in [1.165, 1.54) is 0 Å². The van der Waals surface area contributed by atoms with Crippen molar-refractivity contribution in [3.63, 3.8) is 0 Å². The Balaban J connectivity index is 2.20. The first-order valence-electron chi connectivity index (χ1n) is 5.18. The monoisotopic (exact) mass is 220 g/mol. The minimum absolute atomic E-state index is 0.139. The first-order chi connectivity index (χ1) is 7.61. The largest absolute Gasteiger partial charge is 0.382 e. The molecule has 0 radical (unpaired) electrons. The maximum atomic E-state index is 5.14. The van der Waals surface area contributed by atoms with Crippen molar-refractivity contribution in [1.82, 2.24) is 14.6 Å². The maximum Gasteiger partial charge on any atom is 0.157 e. The van der Waals surface area contributed by atoms with Crippen molar-refractivity contribution in [2.45, 2.75) is 19.4 Å². The topological polar surface area (TPSA) is 51.5 Å². The van der Waals surface area contributed by atoms with E-state index < -0.39 is 0 Å². The van der Waals surface area contributed by atoms with Crippen LogP contribution in [0, 0.1) is 0 Å². The van der Waals surface area contributed by atoms with Crippen LogP contribution in [0.5, 0.6) is 0 Å². The van der Waals surface area contributed by atoms with Crippen LogP contribution in [0.1, 0.15) is 13.8 Å². The number of hydrogen-bond donors (Lipinski definition) is 1. The Kier molecular flexibility index (Phi) is 2.78. The number of nitrogens with one attached hydrogen (secondary N) is 1. The molecular formula is C11H16N4O. The lowest BCUT2D eigenvalue weighted by Crippen LogP contribution is -2.36. The summed E-state index contributed by atoms with van der Waals surface area (Å²) in [5.74, 6) is 0.829. The van der Waals surface area contributed by atoms with Gasteiger partial charge in [-0.05, 0) is 19.9 Å². The molecule has 0 amide bonds.